The number of carbonyl (C=O) groups is 2. The van der Waals surface area contributed by atoms with Crippen LogP contribution in [0.25, 0.3) is 0 Å². The van der Waals surface area contributed by atoms with E-state index in [0.717, 1.165) is 0 Å². The van der Waals surface area contributed by atoms with Crippen LogP contribution < -0.4 is 9.47 Å². The van der Waals surface area contributed by atoms with Gasteiger partial charge in [0.2, 0.25) is 5.88 Å². The van der Waals surface area contributed by atoms with E-state index in [1.54, 1.807) is 41.4 Å². The first kappa shape index (κ1) is 18.7. The summed E-state index contributed by atoms with van der Waals surface area (Å²) in [6, 6.07) is 12.3. The molecule has 1 aliphatic rings. The number of carboxylic acids is 1. The summed E-state index contributed by atoms with van der Waals surface area (Å²) >= 11 is 0. The number of hydrogen-bond donors (Lipinski definition) is 1. The number of nitrogens with zero attached hydrogens (tertiary/aromatic N) is 2. The molecule has 2 atom stereocenters. The number of likely N-dealkylation sites (tertiary alicyclic amines) is 1. The topological polar surface area (TPSA) is 89.0 Å². The molecule has 1 aliphatic heterocycles. The molecule has 2 heterocycles. The van der Waals surface area contributed by atoms with Crippen molar-refractivity contribution in [2.24, 2.45) is 11.8 Å². The van der Waals surface area contributed by atoms with E-state index >= 15 is 0 Å². The molecule has 1 amide bonds. The van der Waals surface area contributed by atoms with Crippen LogP contribution in [0, 0.1) is 11.8 Å². The normalized spacial score (nSPS) is 19.4. The number of rotatable bonds is 6. The lowest BCUT2D eigenvalue weighted by molar-refractivity contribution is -0.147. The SMILES string of the molecule is CC1CC(C(=O)O)CN(C(=O)COc2ccc(Oc3ccccn3)cc2)C1. The molecule has 2 unspecified atom stereocenters. The molecule has 1 aromatic carbocycles. The van der Waals surface area contributed by atoms with E-state index in [9.17, 15) is 14.7 Å². The highest BCUT2D eigenvalue weighted by Crippen LogP contribution is 2.24. The fourth-order valence-electron chi connectivity index (χ4n) is 3.10. The molecule has 1 fully saturated rings. The Kier molecular flexibility index (Phi) is 5.90. The van der Waals surface area contributed by atoms with Gasteiger partial charge in [0.05, 0.1) is 5.92 Å². The smallest absolute Gasteiger partial charge is 0.308 e. The molecule has 1 saturated heterocycles. The maximum atomic E-state index is 12.4. The van der Waals surface area contributed by atoms with Crippen LogP contribution in [0.5, 0.6) is 17.4 Å². The van der Waals surface area contributed by atoms with Crippen LogP contribution in [-0.4, -0.2) is 46.6 Å². The number of amides is 1. The van der Waals surface area contributed by atoms with Gasteiger partial charge < -0.3 is 19.5 Å². The van der Waals surface area contributed by atoms with Gasteiger partial charge in [0.1, 0.15) is 11.5 Å². The molecule has 3 rings (SSSR count). The van der Waals surface area contributed by atoms with Crippen molar-refractivity contribution in [1.82, 2.24) is 9.88 Å². The summed E-state index contributed by atoms with van der Waals surface area (Å²) < 4.78 is 11.2. The minimum Gasteiger partial charge on any atom is -0.484 e. The molecule has 7 nitrogen and oxygen atoms in total. The fourth-order valence-corrected chi connectivity index (χ4v) is 3.10. The number of carbonyl (C=O) groups excluding carboxylic acids is 1. The number of pyridine rings is 1. The minimum absolute atomic E-state index is 0.125. The van der Waals surface area contributed by atoms with Gasteiger partial charge in [-0.2, -0.15) is 0 Å². The molecule has 1 N–H and O–H groups in total. The summed E-state index contributed by atoms with van der Waals surface area (Å²) in [5, 5.41) is 9.21. The van der Waals surface area contributed by atoms with Gasteiger partial charge in [0.25, 0.3) is 5.91 Å². The zero-order valence-corrected chi connectivity index (χ0v) is 15.1. The Morgan fingerprint density at radius 3 is 2.56 bits per heavy atom. The first-order valence-electron chi connectivity index (χ1n) is 8.83. The zero-order valence-electron chi connectivity index (χ0n) is 15.1. The maximum Gasteiger partial charge on any atom is 0.308 e. The molecule has 0 aliphatic carbocycles. The second-order valence-electron chi connectivity index (χ2n) is 6.70. The third-order valence-electron chi connectivity index (χ3n) is 4.41. The number of piperidine rings is 1. The Balaban J connectivity index is 1.52. The highest BCUT2D eigenvalue weighted by atomic mass is 16.5. The van der Waals surface area contributed by atoms with Crippen molar-refractivity contribution >= 4 is 11.9 Å². The van der Waals surface area contributed by atoms with Crippen LogP contribution in [0.3, 0.4) is 0 Å². The van der Waals surface area contributed by atoms with Crippen LogP contribution in [0.1, 0.15) is 13.3 Å². The summed E-state index contributed by atoms with van der Waals surface area (Å²) in [4.78, 5) is 29.3. The predicted molar refractivity (Wildman–Crippen MR) is 97.7 cm³/mol. The molecule has 0 saturated carbocycles. The third-order valence-corrected chi connectivity index (χ3v) is 4.41. The minimum atomic E-state index is -0.858. The molecule has 7 heteroatoms. The van der Waals surface area contributed by atoms with Crippen molar-refractivity contribution in [2.45, 2.75) is 13.3 Å². The molecular weight excluding hydrogens is 348 g/mol. The summed E-state index contributed by atoms with van der Waals surface area (Å²) in [5.74, 6) is 0.226. The van der Waals surface area contributed by atoms with E-state index in [2.05, 4.69) is 4.98 Å². The van der Waals surface area contributed by atoms with E-state index < -0.39 is 11.9 Å². The Bertz CT molecular complexity index is 779. The zero-order chi connectivity index (χ0) is 19.2. The maximum absolute atomic E-state index is 12.4. The Hall–Kier alpha value is -3.09. The van der Waals surface area contributed by atoms with E-state index in [4.69, 9.17) is 9.47 Å². The quantitative estimate of drug-likeness (QED) is 0.841. The number of ether oxygens (including phenoxy) is 2. The lowest BCUT2D eigenvalue weighted by Crippen LogP contribution is -2.47. The molecule has 1 aromatic heterocycles. The van der Waals surface area contributed by atoms with Crippen molar-refractivity contribution < 1.29 is 24.2 Å². The van der Waals surface area contributed by atoms with Crippen LogP contribution >= 0.6 is 0 Å². The van der Waals surface area contributed by atoms with Crippen LogP contribution in [0.4, 0.5) is 0 Å². The molecule has 0 spiro atoms. The largest absolute Gasteiger partial charge is 0.484 e. The summed E-state index contributed by atoms with van der Waals surface area (Å²) in [6.07, 6.45) is 2.24. The molecule has 142 valence electrons. The van der Waals surface area contributed by atoms with Crippen molar-refractivity contribution in [3.8, 4) is 17.4 Å². The van der Waals surface area contributed by atoms with Gasteiger partial charge in [-0.15, -0.1) is 0 Å². The van der Waals surface area contributed by atoms with E-state index in [0.29, 0.717) is 30.3 Å². The van der Waals surface area contributed by atoms with Gasteiger partial charge in [-0.3, -0.25) is 9.59 Å². The van der Waals surface area contributed by atoms with Crippen LogP contribution in [0.15, 0.2) is 48.7 Å². The summed E-state index contributed by atoms with van der Waals surface area (Å²) in [6.45, 7) is 2.62. The average Bonchev–Trinajstić information content (AvgIpc) is 2.67. The van der Waals surface area contributed by atoms with E-state index in [-0.39, 0.29) is 25.0 Å². The van der Waals surface area contributed by atoms with Gasteiger partial charge in [0.15, 0.2) is 6.61 Å². The fraction of sp³-hybridized carbons (Fsp3) is 0.350. The van der Waals surface area contributed by atoms with Crippen molar-refractivity contribution in [3.05, 3.63) is 48.7 Å². The van der Waals surface area contributed by atoms with Crippen LogP contribution in [-0.2, 0) is 9.59 Å². The number of aromatic nitrogens is 1. The van der Waals surface area contributed by atoms with Gasteiger partial charge in [-0.25, -0.2) is 4.98 Å². The van der Waals surface area contributed by atoms with Gasteiger partial charge in [-0.05, 0) is 42.7 Å². The Morgan fingerprint density at radius 1 is 1.15 bits per heavy atom. The molecule has 0 radical (unpaired) electrons. The van der Waals surface area contributed by atoms with Crippen molar-refractivity contribution in [2.75, 3.05) is 19.7 Å². The summed E-state index contributed by atoms with van der Waals surface area (Å²) in [5.41, 5.74) is 0. The van der Waals surface area contributed by atoms with Gasteiger partial charge >= 0.3 is 5.97 Å². The Labute approximate surface area is 157 Å². The summed E-state index contributed by atoms with van der Waals surface area (Å²) in [7, 11) is 0. The number of aliphatic carboxylic acids is 1. The highest BCUT2D eigenvalue weighted by Gasteiger charge is 2.31. The van der Waals surface area contributed by atoms with Crippen molar-refractivity contribution in [3.63, 3.8) is 0 Å². The first-order chi connectivity index (χ1) is 13.0. The second-order valence-corrected chi connectivity index (χ2v) is 6.70. The lowest BCUT2D eigenvalue weighted by Gasteiger charge is -2.34. The lowest BCUT2D eigenvalue weighted by atomic mass is 9.90. The molecular formula is C20H22N2O5. The number of benzene rings is 1. The standard InChI is InChI=1S/C20H22N2O5/c1-14-10-15(20(24)25)12-22(11-14)19(23)13-26-16-5-7-17(8-6-16)27-18-4-2-3-9-21-18/h2-9,14-15H,10-13H2,1H3,(H,24,25). The van der Waals surface area contributed by atoms with Gasteiger partial charge in [0, 0.05) is 25.4 Å². The van der Waals surface area contributed by atoms with Crippen molar-refractivity contribution in [1.29, 1.82) is 0 Å². The molecule has 0 bridgehead atoms. The van der Waals surface area contributed by atoms with Gasteiger partial charge in [-0.1, -0.05) is 13.0 Å². The predicted octanol–water partition coefficient (Wildman–Crippen LogP) is 2.82. The number of carboxylic acid groups (broad SMARTS) is 1. The third kappa shape index (κ3) is 5.20. The molecule has 27 heavy (non-hydrogen) atoms. The van der Waals surface area contributed by atoms with E-state index in [1.807, 2.05) is 19.1 Å². The van der Waals surface area contributed by atoms with E-state index in [1.165, 1.54) is 0 Å². The number of hydrogen-bond acceptors (Lipinski definition) is 5. The first-order valence-corrected chi connectivity index (χ1v) is 8.83. The molecule has 2 aromatic rings. The Morgan fingerprint density at radius 2 is 1.89 bits per heavy atom. The monoisotopic (exact) mass is 370 g/mol. The average molecular weight is 370 g/mol. The van der Waals surface area contributed by atoms with Crippen LogP contribution in [0.2, 0.25) is 0 Å². The second kappa shape index (κ2) is 8.53. The highest BCUT2D eigenvalue weighted by molar-refractivity contribution is 5.79.